The Bertz CT molecular complexity index is 4840. The van der Waals surface area contributed by atoms with E-state index in [4.69, 9.17) is 39.4 Å². The number of carbonyl (C=O) groups excluding carboxylic acids is 7. The number of carboxylic acids is 1. The monoisotopic (exact) mass is 1540 g/mol. The second-order valence-corrected chi connectivity index (χ2v) is 30.6. The number of nitrogens with zero attached hydrogens (tertiary/aromatic N) is 3. The van der Waals surface area contributed by atoms with Crippen molar-refractivity contribution in [3.05, 3.63) is 214 Å². The summed E-state index contributed by atoms with van der Waals surface area (Å²) in [4.78, 5) is 115. The van der Waals surface area contributed by atoms with Crippen LogP contribution in [-0.2, 0) is 48.4 Å². The topological polar surface area (TPSA) is 369 Å². The molecule has 3 aromatic heterocycles. The number of aryl methyl sites for hydroxylation is 3. The number of hydrogen-bond donors (Lipinski definition) is 9. The summed E-state index contributed by atoms with van der Waals surface area (Å²) in [6, 6.07) is 46.7. The van der Waals surface area contributed by atoms with E-state index in [1.54, 1.807) is 127 Å². The van der Waals surface area contributed by atoms with E-state index in [1.807, 2.05) is 112 Å². The Morgan fingerprint density at radius 3 is 1.13 bits per heavy atom. The van der Waals surface area contributed by atoms with Crippen LogP contribution in [0.2, 0.25) is 0 Å². The molecule has 0 radical (unpaired) electrons. The normalized spacial score (nSPS) is 19.4. The fourth-order valence-electron chi connectivity index (χ4n) is 14.5. The predicted molar refractivity (Wildman–Crippen MR) is 426 cm³/mol. The van der Waals surface area contributed by atoms with Gasteiger partial charge in [0.05, 0.1) is 71.1 Å². The molecule has 6 amide bonds. The average Bonchev–Trinajstić information content (AvgIpc) is 0.837. The maximum atomic E-state index is 13.3. The molecule has 0 bridgehead atoms. The lowest BCUT2D eigenvalue weighted by Gasteiger charge is -2.38. The Balaban J connectivity index is 0.000000181. The number of amides is 6. The number of para-hydroxylation sites is 3. The number of ether oxygens (including phenoxy) is 6. The maximum Gasteiger partial charge on any atom is 0.407 e. The van der Waals surface area contributed by atoms with Gasteiger partial charge in [-0.15, -0.1) is 0 Å². The summed E-state index contributed by atoms with van der Waals surface area (Å²) in [5.74, 6) is -3.18. The Hall–Kier alpha value is -11.8. The Labute approximate surface area is 657 Å². The molecule has 26 nitrogen and oxygen atoms in total. The first-order valence-electron chi connectivity index (χ1n) is 38.2. The van der Waals surface area contributed by atoms with Gasteiger partial charge in [-0.1, -0.05) is 73.9 Å². The highest BCUT2D eigenvalue weighted by Gasteiger charge is 2.43. The fraction of sp³-hybridized carbons (Fsp3) is 0.391. The molecule has 0 spiro atoms. The molecular formula is C87H102N10O16. The molecule has 9 atom stereocenters. The molecule has 3 heterocycles. The van der Waals surface area contributed by atoms with Crippen LogP contribution in [0.25, 0.3) is 32.7 Å². The molecule has 3 fully saturated rings. The Morgan fingerprint density at radius 2 is 0.779 bits per heavy atom. The third kappa shape index (κ3) is 23.4. The number of aromatic nitrogens is 3. The Kier molecular flexibility index (Phi) is 28.5. The zero-order chi connectivity index (χ0) is 81.1. The highest BCUT2D eigenvalue weighted by atomic mass is 16.6. The second-order valence-electron chi connectivity index (χ2n) is 30.6. The van der Waals surface area contributed by atoms with Crippen LogP contribution in [0.3, 0.4) is 0 Å². The van der Waals surface area contributed by atoms with Gasteiger partial charge in [-0.3, -0.25) is 48.9 Å². The van der Waals surface area contributed by atoms with Crippen molar-refractivity contribution in [2.45, 2.75) is 194 Å². The molecule has 0 saturated heterocycles. The van der Waals surface area contributed by atoms with Crippen LogP contribution in [0, 0.1) is 38.5 Å². The lowest BCUT2D eigenvalue weighted by atomic mass is 9.80. The van der Waals surface area contributed by atoms with Gasteiger partial charge in [-0.25, -0.2) is 15.1 Å². The van der Waals surface area contributed by atoms with Crippen molar-refractivity contribution in [2.75, 3.05) is 6.61 Å². The first kappa shape index (κ1) is 83.7. The number of aliphatic carboxylic acids is 1. The SMILES string of the molecule is CCOC(=O)[C@H]1CCC[C@H](NC(=O)OC(C)(C)C)C1NC(=O)c1ccc(OCc2cc(C)nc3ccccc23)cc1.Cc1cc(COc2ccc(C(=O)NC3[C@@H](C(=O)NO)CCC[C@@H]3N)cc2)c2ccccc2n1.Cc1cc(COc2ccc(C(=O)NC3[C@@H](NC(=O)OC(C)(C)C)CCC[C@@H]3C(=O)O)cc2)c2ccccc2n1. The highest BCUT2D eigenvalue weighted by molar-refractivity contribution is 5.97. The van der Waals surface area contributed by atoms with Gasteiger partial charge in [-0.2, -0.15) is 0 Å². The van der Waals surface area contributed by atoms with Gasteiger partial charge in [0.2, 0.25) is 5.91 Å². The minimum Gasteiger partial charge on any atom is -0.489 e. The summed E-state index contributed by atoms with van der Waals surface area (Å²) in [6.45, 7) is 19.5. The number of benzene rings is 6. The summed E-state index contributed by atoms with van der Waals surface area (Å²) in [5, 5.41) is 36.2. The van der Waals surface area contributed by atoms with E-state index >= 15 is 0 Å². The van der Waals surface area contributed by atoms with Gasteiger partial charge in [0.1, 0.15) is 48.3 Å². The third-order valence-corrected chi connectivity index (χ3v) is 19.7. The maximum absolute atomic E-state index is 13.3. The van der Waals surface area contributed by atoms with Gasteiger partial charge < -0.3 is 65.8 Å². The third-order valence-electron chi connectivity index (χ3n) is 19.7. The van der Waals surface area contributed by atoms with Crippen LogP contribution in [0.15, 0.2) is 164 Å². The minimum atomic E-state index is -1.02. The number of esters is 1. The number of pyridine rings is 3. The van der Waals surface area contributed by atoms with E-state index in [0.29, 0.717) is 105 Å². The molecular weight excluding hydrogens is 1440 g/mol. The fourth-order valence-corrected chi connectivity index (χ4v) is 14.5. The number of alkyl carbamates (subject to hydrolysis) is 2. The lowest BCUT2D eigenvalue weighted by molar-refractivity contribution is -0.150. The van der Waals surface area contributed by atoms with Crippen LogP contribution >= 0.6 is 0 Å². The number of hydrogen-bond acceptors (Lipinski definition) is 19. The first-order valence-corrected chi connectivity index (χ1v) is 38.2. The van der Waals surface area contributed by atoms with Crippen molar-refractivity contribution in [1.82, 2.24) is 47.0 Å². The van der Waals surface area contributed by atoms with Gasteiger partial charge in [0, 0.05) is 72.7 Å². The summed E-state index contributed by atoms with van der Waals surface area (Å²) in [7, 11) is 0. The average molecular weight is 1540 g/mol. The van der Waals surface area contributed by atoms with Crippen LogP contribution in [0.5, 0.6) is 17.2 Å². The largest absolute Gasteiger partial charge is 0.489 e. The van der Waals surface area contributed by atoms with E-state index < -0.39 is 95.1 Å². The number of hydroxylamine groups is 1. The quantitative estimate of drug-likeness (QED) is 0.0140. The van der Waals surface area contributed by atoms with Gasteiger partial charge in [-0.05, 0) is 217 Å². The molecule has 6 aromatic carbocycles. The number of nitrogens with one attached hydrogen (secondary N) is 6. The van der Waals surface area contributed by atoms with Crippen molar-refractivity contribution < 1.29 is 77.1 Å². The van der Waals surface area contributed by atoms with Crippen molar-refractivity contribution in [3.63, 3.8) is 0 Å². The predicted octanol–water partition coefficient (Wildman–Crippen LogP) is 13.3. The molecule has 3 unspecified atom stereocenters. The molecule has 9 aromatic rings. The molecule has 3 saturated carbocycles. The lowest BCUT2D eigenvalue weighted by Crippen LogP contribution is -2.59. The van der Waals surface area contributed by atoms with Crippen LogP contribution in [0.4, 0.5) is 9.59 Å². The summed E-state index contributed by atoms with van der Waals surface area (Å²) < 4.78 is 34.0. The smallest absolute Gasteiger partial charge is 0.407 e. The Morgan fingerprint density at radius 1 is 0.442 bits per heavy atom. The van der Waals surface area contributed by atoms with Crippen molar-refractivity contribution in [1.29, 1.82) is 0 Å². The highest BCUT2D eigenvalue weighted by Crippen LogP contribution is 2.32. The van der Waals surface area contributed by atoms with Crippen LogP contribution in [0.1, 0.15) is 171 Å². The molecule has 3 aliphatic rings. The standard InChI is InChI=1S/C32H39N3O6.C30H35N3O6.C25H28N4O4/c1-6-39-30(37)25-11-9-13-27(34-31(38)41-32(3,4)5)28(25)35-29(36)21-14-16-23(17-15-21)40-19-22-18-20(2)33-26-12-8-7-10-24(22)26;1-18-16-20(22-8-5-6-10-24(22)31-18)17-38-21-14-12-19(13-15-21)27(34)33-26-23(28(35)36)9-7-11-25(26)32-29(37)39-30(2,3)4;1-15-13-17(19-5-2-3-8-22(19)27-15)14-33-18-11-9-16(10-12-18)24(30)28-23-20(25(31)29-32)6-4-7-21(23)26/h7-8,10,12,14-18,25,27-28H,6,9,11,13,19H2,1-5H3,(H,34,38)(H,35,36);5-6,8,10,12-16,23,25-26H,7,9,11,17H2,1-4H3,(H,32,37)(H,33,34)(H,35,36);2-3,5,8-13,20-21,23,32H,4,6-7,14,26H2,1H3,(H,28,30)(H,29,31)/t25-,27-,28?;23-,25-,26?;20-,21-,23?/m000/s1. The first-order chi connectivity index (χ1) is 54.0. The van der Waals surface area contributed by atoms with Crippen LogP contribution in [-0.4, -0.2) is 127 Å². The number of carboxylic acid groups (broad SMARTS) is 1. The van der Waals surface area contributed by atoms with Gasteiger partial charge >= 0.3 is 24.1 Å². The summed E-state index contributed by atoms with van der Waals surface area (Å²) >= 11 is 0. The molecule has 3 aliphatic carbocycles. The number of nitrogens with two attached hydrogens (primary N) is 1. The second kappa shape index (κ2) is 38.4. The zero-order valence-electron chi connectivity index (χ0n) is 65.5. The summed E-state index contributed by atoms with van der Waals surface area (Å²) in [6.07, 6.45) is 4.19. The molecule has 113 heavy (non-hydrogen) atoms. The minimum absolute atomic E-state index is 0.233. The molecule has 12 rings (SSSR count). The van der Waals surface area contributed by atoms with Crippen molar-refractivity contribution in [2.24, 2.45) is 23.5 Å². The van der Waals surface area contributed by atoms with Crippen molar-refractivity contribution >= 4 is 80.5 Å². The van der Waals surface area contributed by atoms with Gasteiger partial charge in [0.15, 0.2) is 0 Å². The molecule has 10 N–H and O–H groups in total. The molecule has 26 heteroatoms. The van der Waals surface area contributed by atoms with Crippen LogP contribution < -0.4 is 52.0 Å². The summed E-state index contributed by atoms with van der Waals surface area (Å²) in [5.41, 5.74) is 16.3. The number of carbonyl (C=O) groups is 8. The van der Waals surface area contributed by atoms with Crippen molar-refractivity contribution in [3.8, 4) is 17.2 Å². The number of fused-ring (bicyclic) bond motifs is 3. The molecule has 596 valence electrons. The van der Waals surface area contributed by atoms with E-state index in [2.05, 4.69) is 41.5 Å². The van der Waals surface area contributed by atoms with E-state index in [9.17, 15) is 43.5 Å². The van der Waals surface area contributed by atoms with E-state index in [0.717, 1.165) is 72.9 Å². The van der Waals surface area contributed by atoms with Gasteiger partial charge in [0.25, 0.3) is 17.7 Å². The molecule has 0 aliphatic heterocycles. The zero-order valence-corrected chi connectivity index (χ0v) is 65.5. The van der Waals surface area contributed by atoms with E-state index in [-0.39, 0.29) is 24.5 Å². The van der Waals surface area contributed by atoms with E-state index in [1.165, 1.54) is 0 Å². The number of rotatable bonds is 21.